The molecule has 0 saturated carbocycles. The summed E-state index contributed by atoms with van der Waals surface area (Å²) >= 11 is 2.62. The van der Waals surface area contributed by atoms with Crippen molar-refractivity contribution >= 4 is 45.9 Å². The number of thioether (sulfide) groups is 1. The van der Waals surface area contributed by atoms with Gasteiger partial charge < -0.3 is 19.9 Å². The van der Waals surface area contributed by atoms with Crippen LogP contribution in [0.3, 0.4) is 0 Å². The number of rotatable bonds is 9. The largest absolute Gasteiger partial charge is 0.462 e. The highest BCUT2D eigenvalue weighted by Gasteiger charge is 2.27. The van der Waals surface area contributed by atoms with Crippen molar-refractivity contribution in [3.05, 3.63) is 57.5 Å². The van der Waals surface area contributed by atoms with Crippen LogP contribution in [0, 0.1) is 5.82 Å². The molecule has 12 heteroatoms. The minimum absolute atomic E-state index is 0.0487. The van der Waals surface area contributed by atoms with Crippen molar-refractivity contribution in [1.29, 1.82) is 0 Å². The van der Waals surface area contributed by atoms with Crippen molar-refractivity contribution in [3.8, 4) is 0 Å². The van der Waals surface area contributed by atoms with Gasteiger partial charge in [-0.1, -0.05) is 23.9 Å². The Morgan fingerprint density at radius 3 is 2.75 bits per heavy atom. The van der Waals surface area contributed by atoms with Crippen LogP contribution < -0.4 is 10.6 Å². The van der Waals surface area contributed by atoms with Gasteiger partial charge in [0.1, 0.15) is 10.8 Å². The lowest BCUT2D eigenvalue weighted by Crippen LogP contribution is -2.25. The number of anilines is 1. The number of nitrogens with zero attached hydrogens (tertiary/aromatic N) is 3. The Morgan fingerprint density at radius 1 is 1.19 bits per heavy atom. The van der Waals surface area contributed by atoms with E-state index in [2.05, 4.69) is 20.8 Å². The number of nitrogens with one attached hydrogen (secondary N) is 2. The Morgan fingerprint density at radius 2 is 1.97 bits per heavy atom. The zero-order chi connectivity index (χ0) is 25.7. The average molecular weight is 532 g/mol. The molecule has 9 nitrogen and oxygen atoms in total. The first-order valence-electron chi connectivity index (χ1n) is 11.5. The fraction of sp³-hybridized carbons (Fsp3) is 0.375. The number of hydrogen-bond acceptors (Lipinski definition) is 8. The second-order valence-corrected chi connectivity index (χ2v) is 10.1. The molecule has 0 spiro atoms. The summed E-state index contributed by atoms with van der Waals surface area (Å²) in [5, 5.41) is 14.7. The summed E-state index contributed by atoms with van der Waals surface area (Å²) in [5.74, 6) is -1.33. The molecule has 0 radical (unpaired) electrons. The van der Waals surface area contributed by atoms with Gasteiger partial charge in [0, 0.05) is 11.9 Å². The SMILES string of the molecule is CCOC(=O)c1c(NC(=O)CSc2nnc(CNC(=O)c3ccccc3F)n2C)sc2c1CCCC2. The monoisotopic (exact) mass is 531 g/mol. The molecular formula is C24H26FN5O4S2. The number of ether oxygens (including phenoxy) is 1. The van der Waals surface area contributed by atoms with Crippen LogP contribution in [0.1, 0.15) is 56.7 Å². The van der Waals surface area contributed by atoms with E-state index in [1.165, 1.54) is 41.3 Å². The molecule has 4 rings (SSSR count). The average Bonchev–Trinajstić information content (AvgIpc) is 3.41. The fourth-order valence-corrected chi connectivity index (χ4v) is 5.91. The first-order chi connectivity index (χ1) is 17.4. The molecule has 0 fully saturated rings. The second kappa shape index (κ2) is 11.7. The molecule has 2 aromatic heterocycles. The smallest absolute Gasteiger partial charge is 0.341 e. The Hall–Kier alpha value is -3.25. The van der Waals surface area contributed by atoms with E-state index in [0.717, 1.165) is 36.1 Å². The predicted molar refractivity (Wildman–Crippen MR) is 135 cm³/mol. The van der Waals surface area contributed by atoms with Gasteiger partial charge in [0.25, 0.3) is 5.91 Å². The molecule has 0 bridgehead atoms. The molecule has 0 atom stereocenters. The predicted octanol–water partition coefficient (Wildman–Crippen LogP) is 3.73. The van der Waals surface area contributed by atoms with Crippen LogP contribution in [0.4, 0.5) is 9.39 Å². The molecule has 2 amide bonds. The lowest BCUT2D eigenvalue weighted by atomic mass is 9.95. The normalized spacial score (nSPS) is 12.6. The molecule has 0 saturated heterocycles. The molecule has 36 heavy (non-hydrogen) atoms. The van der Waals surface area contributed by atoms with E-state index in [1.807, 2.05) is 0 Å². The number of amides is 2. The van der Waals surface area contributed by atoms with Gasteiger partial charge in [0.05, 0.1) is 30.0 Å². The first kappa shape index (κ1) is 25.8. The number of aromatic nitrogens is 3. The van der Waals surface area contributed by atoms with Gasteiger partial charge in [-0.2, -0.15) is 0 Å². The van der Waals surface area contributed by atoms with Crippen molar-refractivity contribution < 1.29 is 23.5 Å². The molecule has 0 aliphatic heterocycles. The minimum Gasteiger partial charge on any atom is -0.462 e. The summed E-state index contributed by atoms with van der Waals surface area (Å²) in [6.45, 7) is 2.07. The van der Waals surface area contributed by atoms with E-state index in [1.54, 1.807) is 24.6 Å². The number of thiophene rings is 1. The van der Waals surface area contributed by atoms with E-state index in [-0.39, 0.29) is 30.4 Å². The van der Waals surface area contributed by atoms with Crippen molar-refractivity contribution in [3.63, 3.8) is 0 Å². The van der Waals surface area contributed by atoms with Crippen LogP contribution in [-0.4, -0.2) is 44.9 Å². The highest BCUT2D eigenvalue weighted by atomic mass is 32.2. The standard InChI is InChI=1S/C24H26FN5O4S2/c1-3-34-23(33)20-15-9-5-7-11-17(15)36-22(20)27-19(31)13-35-24-29-28-18(30(24)2)12-26-21(32)14-8-4-6-10-16(14)25/h4,6,8,10H,3,5,7,9,11-13H2,1-2H3,(H,26,32)(H,27,31). The Balaban J connectivity index is 1.36. The Labute approximate surface area is 215 Å². The van der Waals surface area contributed by atoms with Crippen LogP contribution in [0.2, 0.25) is 0 Å². The number of benzene rings is 1. The third-order valence-corrected chi connectivity index (χ3v) is 7.91. The highest BCUT2D eigenvalue weighted by Crippen LogP contribution is 2.38. The molecule has 1 aromatic carbocycles. The Kier molecular flexibility index (Phi) is 8.36. The van der Waals surface area contributed by atoms with Gasteiger partial charge in [-0.3, -0.25) is 9.59 Å². The third-order valence-electron chi connectivity index (χ3n) is 5.69. The van der Waals surface area contributed by atoms with Gasteiger partial charge in [0.2, 0.25) is 5.91 Å². The lowest BCUT2D eigenvalue weighted by molar-refractivity contribution is -0.113. The summed E-state index contributed by atoms with van der Waals surface area (Å²) in [5.41, 5.74) is 1.41. The third kappa shape index (κ3) is 5.76. The number of fused-ring (bicyclic) bond motifs is 1. The van der Waals surface area contributed by atoms with Crippen molar-refractivity contribution in [2.24, 2.45) is 7.05 Å². The van der Waals surface area contributed by atoms with Gasteiger partial charge in [0.15, 0.2) is 11.0 Å². The van der Waals surface area contributed by atoms with Gasteiger partial charge >= 0.3 is 5.97 Å². The van der Waals surface area contributed by atoms with Gasteiger partial charge in [-0.25, -0.2) is 9.18 Å². The van der Waals surface area contributed by atoms with E-state index < -0.39 is 17.7 Å². The topological polar surface area (TPSA) is 115 Å². The number of halogens is 1. The van der Waals surface area contributed by atoms with E-state index in [0.29, 0.717) is 21.5 Å². The summed E-state index contributed by atoms with van der Waals surface area (Å²) in [6.07, 6.45) is 3.77. The molecule has 2 N–H and O–H groups in total. The molecular weight excluding hydrogens is 505 g/mol. The molecule has 2 heterocycles. The quantitative estimate of drug-likeness (QED) is 0.319. The number of carbonyl (C=O) groups is 3. The number of aryl methyl sites for hydroxylation is 1. The first-order valence-corrected chi connectivity index (χ1v) is 13.3. The minimum atomic E-state index is -0.604. The maximum Gasteiger partial charge on any atom is 0.341 e. The number of carbonyl (C=O) groups excluding carboxylic acids is 3. The van der Waals surface area contributed by atoms with Crippen LogP contribution in [0.25, 0.3) is 0 Å². The van der Waals surface area contributed by atoms with Crippen LogP contribution >= 0.6 is 23.1 Å². The fourth-order valence-electron chi connectivity index (χ4n) is 3.89. The molecule has 0 unspecified atom stereocenters. The van der Waals surface area contributed by atoms with Gasteiger partial charge in [-0.05, 0) is 50.3 Å². The van der Waals surface area contributed by atoms with Crippen molar-refractivity contribution in [2.75, 3.05) is 17.7 Å². The zero-order valence-corrected chi connectivity index (χ0v) is 21.6. The highest BCUT2D eigenvalue weighted by molar-refractivity contribution is 7.99. The summed E-state index contributed by atoms with van der Waals surface area (Å²) < 4.78 is 20.7. The maximum atomic E-state index is 13.8. The molecule has 190 valence electrons. The van der Waals surface area contributed by atoms with E-state index in [4.69, 9.17) is 4.74 Å². The molecule has 3 aromatic rings. The zero-order valence-electron chi connectivity index (χ0n) is 19.9. The summed E-state index contributed by atoms with van der Waals surface area (Å²) in [4.78, 5) is 38.7. The second-order valence-electron chi connectivity index (χ2n) is 8.09. The maximum absolute atomic E-state index is 13.8. The van der Waals surface area contributed by atoms with Crippen LogP contribution in [-0.2, 0) is 36.0 Å². The van der Waals surface area contributed by atoms with Gasteiger partial charge in [-0.15, -0.1) is 21.5 Å². The van der Waals surface area contributed by atoms with Crippen molar-refractivity contribution in [2.45, 2.75) is 44.3 Å². The van der Waals surface area contributed by atoms with Crippen LogP contribution in [0.5, 0.6) is 0 Å². The van der Waals surface area contributed by atoms with Crippen LogP contribution in [0.15, 0.2) is 29.4 Å². The van der Waals surface area contributed by atoms with E-state index >= 15 is 0 Å². The Bertz CT molecular complexity index is 1290. The summed E-state index contributed by atoms with van der Waals surface area (Å²) in [6, 6.07) is 5.72. The van der Waals surface area contributed by atoms with Crippen molar-refractivity contribution in [1.82, 2.24) is 20.1 Å². The molecule has 1 aliphatic rings. The summed E-state index contributed by atoms with van der Waals surface area (Å²) in [7, 11) is 1.72. The number of hydrogen-bond donors (Lipinski definition) is 2. The lowest BCUT2D eigenvalue weighted by Gasteiger charge is -2.12. The number of esters is 1. The van der Waals surface area contributed by atoms with E-state index in [9.17, 15) is 18.8 Å². The molecule has 1 aliphatic carbocycles.